The summed E-state index contributed by atoms with van der Waals surface area (Å²) in [6, 6.07) is 7.54. The van der Waals surface area contributed by atoms with Crippen molar-refractivity contribution in [2.45, 2.75) is 6.42 Å². The smallest absolute Gasteiger partial charge is 0.233 e. The lowest BCUT2D eigenvalue weighted by molar-refractivity contribution is -0.123. The number of benzene rings is 2. The van der Waals surface area contributed by atoms with Gasteiger partial charge in [0.2, 0.25) is 11.8 Å². The molecular weight excluding hydrogens is 349 g/mol. The van der Waals surface area contributed by atoms with Gasteiger partial charge in [-0.1, -0.05) is 29.3 Å². The molecule has 0 atom stereocenters. The summed E-state index contributed by atoms with van der Waals surface area (Å²) >= 11 is 11.8. The Balaban J connectivity index is 1.97. The lowest BCUT2D eigenvalue weighted by Gasteiger charge is -2.09. The first-order valence-electron chi connectivity index (χ1n) is 6.35. The third-order valence-electron chi connectivity index (χ3n) is 2.75. The number of nitrogens with one attached hydrogen (secondary N) is 2. The summed E-state index contributed by atoms with van der Waals surface area (Å²) in [5, 5.41) is 5.16. The van der Waals surface area contributed by atoms with Gasteiger partial charge in [-0.05, 0) is 24.3 Å². The van der Waals surface area contributed by atoms with Crippen LogP contribution in [0.4, 0.5) is 20.2 Å². The van der Waals surface area contributed by atoms with Crippen molar-refractivity contribution in [1.82, 2.24) is 0 Å². The maximum absolute atomic E-state index is 13.0. The number of para-hydroxylation sites is 1. The topological polar surface area (TPSA) is 58.2 Å². The second-order valence-corrected chi connectivity index (χ2v) is 5.31. The number of anilines is 2. The van der Waals surface area contributed by atoms with Crippen molar-refractivity contribution < 1.29 is 18.4 Å². The van der Waals surface area contributed by atoms with Gasteiger partial charge < -0.3 is 10.6 Å². The summed E-state index contributed by atoms with van der Waals surface area (Å²) in [7, 11) is 0. The Kier molecular flexibility index (Phi) is 5.52. The van der Waals surface area contributed by atoms with Crippen LogP contribution < -0.4 is 10.6 Å². The van der Waals surface area contributed by atoms with Gasteiger partial charge in [-0.3, -0.25) is 9.59 Å². The number of halogens is 4. The molecule has 2 amide bonds. The highest BCUT2D eigenvalue weighted by Crippen LogP contribution is 2.29. The Morgan fingerprint density at radius 1 is 0.913 bits per heavy atom. The Morgan fingerprint density at radius 3 is 2.13 bits per heavy atom. The standard InChI is InChI=1S/C15H10Cl2F2N2O2/c16-9-2-1-3-10(17)15(9)21-14(23)7-13(22)20-8-4-5-11(18)12(19)6-8/h1-6H,7H2,(H,20,22)(H,21,23). The molecule has 2 aromatic carbocycles. The Bertz CT molecular complexity index is 749. The van der Waals surface area contributed by atoms with Crippen LogP contribution in [0, 0.1) is 11.6 Å². The molecule has 0 saturated heterocycles. The second-order valence-electron chi connectivity index (χ2n) is 4.50. The number of amides is 2. The number of hydrogen-bond donors (Lipinski definition) is 2. The lowest BCUT2D eigenvalue weighted by atomic mass is 10.2. The normalized spacial score (nSPS) is 10.3. The minimum Gasteiger partial charge on any atom is -0.326 e. The maximum Gasteiger partial charge on any atom is 0.233 e. The predicted molar refractivity (Wildman–Crippen MR) is 84.7 cm³/mol. The van der Waals surface area contributed by atoms with Crippen LogP contribution in [-0.2, 0) is 9.59 Å². The van der Waals surface area contributed by atoms with E-state index in [1.165, 1.54) is 18.2 Å². The van der Waals surface area contributed by atoms with E-state index >= 15 is 0 Å². The van der Waals surface area contributed by atoms with Crippen molar-refractivity contribution in [3.05, 3.63) is 58.1 Å². The van der Waals surface area contributed by atoms with Crippen molar-refractivity contribution in [1.29, 1.82) is 0 Å². The Hall–Kier alpha value is -2.18. The molecule has 0 aliphatic carbocycles. The van der Waals surface area contributed by atoms with Crippen LogP contribution in [0.15, 0.2) is 36.4 Å². The molecule has 23 heavy (non-hydrogen) atoms. The van der Waals surface area contributed by atoms with Crippen LogP contribution in [0.2, 0.25) is 10.0 Å². The Labute approximate surface area is 140 Å². The van der Waals surface area contributed by atoms with Gasteiger partial charge in [0.05, 0.1) is 15.7 Å². The third-order valence-corrected chi connectivity index (χ3v) is 3.38. The van der Waals surface area contributed by atoms with Gasteiger partial charge >= 0.3 is 0 Å². The fourth-order valence-electron chi connectivity index (χ4n) is 1.73. The lowest BCUT2D eigenvalue weighted by Crippen LogP contribution is -2.21. The molecule has 0 radical (unpaired) electrons. The summed E-state index contributed by atoms with van der Waals surface area (Å²) in [6.07, 6.45) is -0.541. The van der Waals surface area contributed by atoms with Crippen molar-refractivity contribution in [3.63, 3.8) is 0 Å². The third kappa shape index (κ3) is 4.64. The van der Waals surface area contributed by atoms with Crippen molar-refractivity contribution >= 4 is 46.4 Å². The largest absolute Gasteiger partial charge is 0.326 e. The van der Waals surface area contributed by atoms with E-state index in [-0.39, 0.29) is 21.4 Å². The molecule has 0 aliphatic heterocycles. The molecule has 2 rings (SSSR count). The average molecular weight is 359 g/mol. The zero-order chi connectivity index (χ0) is 17.0. The highest BCUT2D eigenvalue weighted by molar-refractivity contribution is 6.39. The number of hydrogen-bond acceptors (Lipinski definition) is 2. The molecule has 8 heteroatoms. The highest BCUT2D eigenvalue weighted by atomic mass is 35.5. The van der Waals surface area contributed by atoms with Gasteiger partial charge in [0.15, 0.2) is 11.6 Å². The molecule has 2 aromatic rings. The van der Waals surface area contributed by atoms with Gasteiger partial charge in [-0.2, -0.15) is 0 Å². The summed E-state index contributed by atoms with van der Waals surface area (Å²) in [5.74, 6) is -3.49. The van der Waals surface area contributed by atoms with Crippen molar-refractivity contribution in [2.75, 3.05) is 10.6 Å². The van der Waals surface area contributed by atoms with Crippen LogP contribution in [0.3, 0.4) is 0 Å². The van der Waals surface area contributed by atoms with E-state index < -0.39 is 29.9 Å². The SMILES string of the molecule is O=C(CC(=O)Nc1c(Cl)cccc1Cl)Nc1ccc(F)c(F)c1. The number of carbonyl (C=O) groups is 2. The van der Waals surface area contributed by atoms with E-state index in [0.717, 1.165) is 12.1 Å². The number of rotatable bonds is 4. The summed E-state index contributed by atoms with van der Waals surface area (Å²) in [4.78, 5) is 23.5. The second kappa shape index (κ2) is 7.39. The van der Waals surface area contributed by atoms with Gasteiger partial charge in [0, 0.05) is 11.8 Å². The minimum atomic E-state index is -1.10. The van der Waals surface area contributed by atoms with Crippen LogP contribution >= 0.6 is 23.2 Å². The van der Waals surface area contributed by atoms with E-state index in [0.29, 0.717) is 0 Å². The molecule has 0 fully saturated rings. The van der Waals surface area contributed by atoms with E-state index in [1.54, 1.807) is 6.07 Å². The maximum atomic E-state index is 13.0. The van der Waals surface area contributed by atoms with Gasteiger partial charge in [-0.25, -0.2) is 8.78 Å². The molecule has 2 N–H and O–H groups in total. The molecule has 0 unspecified atom stereocenters. The zero-order valence-electron chi connectivity index (χ0n) is 11.5. The first kappa shape index (κ1) is 17.2. The molecule has 0 spiro atoms. The molecule has 4 nitrogen and oxygen atoms in total. The molecule has 0 bridgehead atoms. The van der Waals surface area contributed by atoms with Gasteiger partial charge in [0.25, 0.3) is 0 Å². The number of carbonyl (C=O) groups excluding carboxylic acids is 2. The molecule has 120 valence electrons. The molecule has 0 heterocycles. The molecular formula is C15H10Cl2F2N2O2. The van der Waals surface area contributed by atoms with Crippen LogP contribution in [0.25, 0.3) is 0 Å². The van der Waals surface area contributed by atoms with E-state index in [1.807, 2.05) is 0 Å². The van der Waals surface area contributed by atoms with Gasteiger partial charge in [0.1, 0.15) is 6.42 Å². The fourth-order valence-corrected chi connectivity index (χ4v) is 2.22. The molecule has 0 aromatic heterocycles. The minimum absolute atomic E-state index is 0.0393. The monoisotopic (exact) mass is 358 g/mol. The van der Waals surface area contributed by atoms with E-state index in [9.17, 15) is 18.4 Å². The summed E-state index contributed by atoms with van der Waals surface area (Å²) in [5.41, 5.74) is 0.235. The molecule has 0 saturated carbocycles. The first-order valence-corrected chi connectivity index (χ1v) is 7.11. The fraction of sp³-hybridized carbons (Fsp3) is 0.0667. The van der Waals surface area contributed by atoms with Crippen molar-refractivity contribution in [3.8, 4) is 0 Å². The summed E-state index contributed by atoms with van der Waals surface area (Å²) < 4.78 is 25.8. The van der Waals surface area contributed by atoms with E-state index in [4.69, 9.17) is 23.2 Å². The van der Waals surface area contributed by atoms with Crippen molar-refractivity contribution in [2.24, 2.45) is 0 Å². The zero-order valence-corrected chi connectivity index (χ0v) is 13.0. The van der Waals surface area contributed by atoms with E-state index in [2.05, 4.69) is 10.6 Å². The van der Waals surface area contributed by atoms with Crippen LogP contribution in [0.1, 0.15) is 6.42 Å². The van der Waals surface area contributed by atoms with Crippen LogP contribution in [-0.4, -0.2) is 11.8 Å². The first-order chi connectivity index (χ1) is 10.9. The quantitative estimate of drug-likeness (QED) is 0.803. The summed E-state index contributed by atoms with van der Waals surface area (Å²) in [6.45, 7) is 0. The van der Waals surface area contributed by atoms with Gasteiger partial charge in [-0.15, -0.1) is 0 Å². The Morgan fingerprint density at radius 2 is 1.52 bits per heavy atom. The average Bonchev–Trinajstić information content (AvgIpc) is 2.47. The highest BCUT2D eigenvalue weighted by Gasteiger charge is 2.14. The van der Waals surface area contributed by atoms with Crippen LogP contribution in [0.5, 0.6) is 0 Å². The molecule has 0 aliphatic rings. The predicted octanol–water partition coefficient (Wildman–Crippen LogP) is 4.24.